The van der Waals surface area contributed by atoms with Crippen LogP contribution in [0.25, 0.3) is 0 Å². The molecule has 0 saturated carbocycles. The predicted molar refractivity (Wildman–Crippen MR) is 60.6 cm³/mol. The lowest BCUT2D eigenvalue weighted by molar-refractivity contribution is -0.109. The van der Waals surface area contributed by atoms with Gasteiger partial charge in [-0.05, 0) is 20.8 Å². The van der Waals surface area contributed by atoms with Crippen LogP contribution in [0.1, 0.15) is 27.2 Å². The molecule has 3 N–H and O–H groups in total. The second kappa shape index (κ2) is 6.13. The molecule has 0 aromatic heterocycles. The smallest absolute Gasteiger partial charge is 0.407 e. The number of amides is 1. The second-order valence-corrected chi connectivity index (χ2v) is 4.37. The zero-order valence-corrected chi connectivity index (χ0v) is 9.82. The molecule has 5 nitrogen and oxygen atoms in total. The topological polar surface area (TPSA) is 81.4 Å². The lowest BCUT2D eigenvalue weighted by Crippen LogP contribution is -2.49. The Bertz CT molecular complexity index is 289. The summed E-state index contributed by atoms with van der Waals surface area (Å²) in [5, 5.41) is 2.47. The van der Waals surface area contributed by atoms with E-state index >= 15 is 0 Å². The first-order chi connectivity index (χ1) is 7.30. The number of nitrogens with two attached hydrogens (primary N) is 1. The van der Waals surface area contributed by atoms with E-state index in [1.807, 2.05) is 0 Å². The number of carbonyl (C=O) groups excluding carboxylic acids is 2. The van der Waals surface area contributed by atoms with E-state index in [9.17, 15) is 9.59 Å². The highest BCUT2D eigenvalue weighted by molar-refractivity contribution is 5.70. The SMILES string of the molecule is C#CCC(NC(=O)OC(C)(C)C)C(N)C=O. The monoisotopic (exact) mass is 226 g/mol. The third-order valence-electron chi connectivity index (χ3n) is 1.66. The standard InChI is InChI=1S/C11H18N2O3/c1-5-6-9(8(12)7-14)13-10(15)16-11(2,3)4/h1,7-9H,6,12H2,2-4H3,(H,13,15). The Balaban J connectivity index is 4.36. The van der Waals surface area contributed by atoms with Gasteiger partial charge in [0.2, 0.25) is 0 Å². The van der Waals surface area contributed by atoms with Crippen LogP contribution >= 0.6 is 0 Å². The van der Waals surface area contributed by atoms with E-state index in [1.165, 1.54) is 0 Å². The summed E-state index contributed by atoms with van der Waals surface area (Å²) in [6.07, 6.45) is 5.20. The lowest BCUT2D eigenvalue weighted by atomic mass is 10.1. The largest absolute Gasteiger partial charge is 0.444 e. The summed E-state index contributed by atoms with van der Waals surface area (Å²) >= 11 is 0. The van der Waals surface area contributed by atoms with Crippen LogP contribution in [0.5, 0.6) is 0 Å². The minimum absolute atomic E-state index is 0.180. The van der Waals surface area contributed by atoms with Crippen LogP contribution in [0, 0.1) is 12.3 Å². The maximum atomic E-state index is 11.4. The number of carbonyl (C=O) groups is 2. The van der Waals surface area contributed by atoms with Gasteiger partial charge in [-0.3, -0.25) is 0 Å². The maximum absolute atomic E-state index is 11.4. The zero-order valence-electron chi connectivity index (χ0n) is 9.82. The molecule has 16 heavy (non-hydrogen) atoms. The summed E-state index contributed by atoms with van der Waals surface area (Å²) < 4.78 is 5.02. The lowest BCUT2D eigenvalue weighted by Gasteiger charge is -2.24. The molecule has 0 spiro atoms. The summed E-state index contributed by atoms with van der Waals surface area (Å²) in [4.78, 5) is 21.9. The van der Waals surface area contributed by atoms with Crippen LogP contribution in [0.3, 0.4) is 0 Å². The third-order valence-corrected chi connectivity index (χ3v) is 1.66. The van der Waals surface area contributed by atoms with Gasteiger partial charge in [-0.2, -0.15) is 0 Å². The Kier molecular flexibility index (Phi) is 5.54. The van der Waals surface area contributed by atoms with E-state index in [0.717, 1.165) is 0 Å². The molecule has 0 bridgehead atoms. The van der Waals surface area contributed by atoms with Gasteiger partial charge in [0.05, 0.1) is 12.1 Å². The minimum Gasteiger partial charge on any atom is -0.444 e. The molecule has 5 heteroatoms. The van der Waals surface area contributed by atoms with Crippen molar-refractivity contribution in [3.05, 3.63) is 0 Å². The minimum atomic E-state index is -0.830. The Hall–Kier alpha value is -1.54. The Morgan fingerprint density at radius 2 is 2.19 bits per heavy atom. The van der Waals surface area contributed by atoms with Crippen molar-refractivity contribution in [2.24, 2.45) is 5.73 Å². The normalized spacial score (nSPS) is 14.4. The number of hydrogen-bond acceptors (Lipinski definition) is 4. The fraction of sp³-hybridized carbons (Fsp3) is 0.636. The van der Waals surface area contributed by atoms with E-state index in [-0.39, 0.29) is 6.42 Å². The van der Waals surface area contributed by atoms with Gasteiger partial charge in [-0.1, -0.05) is 0 Å². The van der Waals surface area contributed by atoms with Crippen LogP contribution < -0.4 is 11.1 Å². The van der Waals surface area contributed by atoms with Crippen molar-refractivity contribution in [1.82, 2.24) is 5.32 Å². The van der Waals surface area contributed by atoms with Gasteiger partial charge in [0, 0.05) is 6.42 Å². The summed E-state index contributed by atoms with van der Waals surface area (Å²) in [5.41, 5.74) is 4.88. The van der Waals surface area contributed by atoms with Crippen molar-refractivity contribution < 1.29 is 14.3 Å². The average molecular weight is 226 g/mol. The molecule has 0 aromatic rings. The fourth-order valence-corrected chi connectivity index (χ4v) is 0.964. The molecule has 0 heterocycles. The first kappa shape index (κ1) is 14.5. The molecule has 90 valence electrons. The number of aldehydes is 1. The number of alkyl carbamates (subject to hydrolysis) is 1. The first-order valence-corrected chi connectivity index (χ1v) is 4.94. The first-order valence-electron chi connectivity index (χ1n) is 4.94. The van der Waals surface area contributed by atoms with E-state index in [0.29, 0.717) is 6.29 Å². The number of hydrogen-bond donors (Lipinski definition) is 2. The van der Waals surface area contributed by atoms with Gasteiger partial charge >= 0.3 is 6.09 Å². The average Bonchev–Trinajstić information content (AvgIpc) is 2.13. The van der Waals surface area contributed by atoms with Gasteiger partial charge in [-0.15, -0.1) is 12.3 Å². The van der Waals surface area contributed by atoms with Gasteiger partial charge in [-0.25, -0.2) is 4.79 Å². The van der Waals surface area contributed by atoms with Gasteiger partial charge in [0.1, 0.15) is 11.9 Å². The molecule has 0 fully saturated rings. The second-order valence-electron chi connectivity index (χ2n) is 4.37. The van der Waals surface area contributed by atoms with Crippen molar-refractivity contribution in [3.63, 3.8) is 0 Å². The van der Waals surface area contributed by atoms with E-state index < -0.39 is 23.8 Å². The van der Waals surface area contributed by atoms with Gasteiger partial charge < -0.3 is 20.6 Å². The third kappa shape index (κ3) is 6.04. The predicted octanol–water partition coefficient (Wildman–Crippen LogP) is 0.429. The number of ether oxygens (including phenoxy) is 1. The van der Waals surface area contributed by atoms with Crippen molar-refractivity contribution in [1.29, 1.82) is 0 Å². The van der Waals surface area contributed by atoms with Crippen LogP contribution in [0.4, 0.5) is 4.79 Å². The maximum Gasteiger partial charge on any atom is 0.407 e. The van der Waals surface area contributed by atoms with Crippen LogP contribution in [0.15, 0.2) is 0 Å². The number of rotatable bonds is 4. The molecule has 0 aromatic carbocycles. The Labute approximate surface area is 95.7 Å². The van der Waals surface area contributed by atoms with Gasteiger partial charge in [0.15, 0.2) is 0 Å². The van der Waals surface area contributed by atoms with E-state index in [4.69, 9.17) is 16.9 Å². The van der Waals surface area contributed by atoms with Crippen LogP contribution in [-0.2, 0) is 9.53 Å². The molecule has 0 aliphatic heterocycles. The van der Waals surface area contributed by atoms with Crippen molar-refractivity contribution in [2.75, 3.05) is 0 Å². The van der Waals surface area contributed by atoms with E-state index in [2.05, 4.69) is 11.2 Å². The fourth-order valence-electron chi connectivity index (χ4n) is 0.964. The summed E-state index contributed by atoms with van der Waals surface area (Å²) in [6.45, 7) is 5.22. The molecular formula is C11H18N2O3. The zero-order chi connectivity index (χ0) is 12.8. The van der Waals surface area contributed by atoms with Crippen LogP contribution in [0.2, 0.25) is 0 Å². The molecule has 2 unspecified atom stereocenters. The molecule has 2 atom stereocenters. The highest BCUT2D eigenvalue weighted by Crippen LogP contribution is 2.07. The van der Waals surface area contributed by atoms with Crippen molar-refractivity contribution >= 4 is 12.4 Å². The molecule has 0 rings (SSSR count). The Morgan fingerprint density at radius 3 is 2.56 bits per heavy atom. The summed E-state index contributed by atoms with van der Waals surface area (Å²) in [6, 6.07) is -1.43. The van der Waals surface area contributed by atoms with Crippen LogP contribution in [-0.4, -0.2) is 30.1 Å². The molecule has 0 radical (unpaired) electrons. The molecule has 1 amide bonds. The Morgan fingerprint density at radius 1 is 1.62 bits per heavy atom. The number of nitrogens with one attached hydrogen (secondary N) is 1. The van der Waals surface area contributed by atoms with E-state index in [1.54, 1.807) is 20.8 Å². The molecule has 0 aliphatic carbocycles. The molecule has 0 saturated heterocycles. The van der Waals surface area contributed by atoms with Crippen molar-refractivity contribution in [2.45, 2.75) is 44.9 Å². The molecule has 0 aliphatic rings. The quantitative estimate of drug-likeness (QED) is 0.538. The summed E-state index contributed by atoms with van der Waals surface area (Å²) in [5.74, 6) is 2.34. The summed E-state index contributed by atoms with van der Waals surface area (Å²) in [7, 11) is 0. The van der Waals surface area contributed by atoms with Crippen molar-refractivity contribution in [3.8, 4) is 12.3 Å². The number of terminal acetylenes is 1. The highest BCUT2D eigenvalue weighted by atomic mass is 16.6. The highest BCUT2D eigenvalue weighted by Gasteiger charge is 2.22. The molecular weight excluding hydrogens is 208 g/mol. The van der Waals surface area contributed by atoms with Gasteiger partial charge in [0.25, 0.3) is 0 Å².